The molecule has 2 aromatic carbocycles. The molecule has 136 valence electrons. The molecular formula is C16H14Cl2N4O3S. The average molecular weight is 413 g/mol. The number of sulfonamides is 1. The number of methoxy groups -OCH3 is 1. The summed E-state index contributed by atoms with van der Waals surface area (Å²) in [6.45, 7) is 0.423. The van der Waals surface area contributed by atoms with Gasteiger partial charge in [0.15, 0.2) is 0 Å². The Morgan fingerprint density at radius 3 is 2.50 bits per heavy atom. The lowest BCUT2D eigenvalue weighted by molar-refractivity contribution is 0.403. The van der Waals surface area contributed by atoms with Crippen LogP contribution in [0.4, 0.5) is 5.95 Å². The summed E-state index contributed by atoms with van der Waals surface area (Å²) < 4.78 is 34.1. The first kappa shape index (κ1) is 18.5. The monoisotopic (exact) mass is 412 g/mol. The van der Waals surface area contributed by atoms with Crippen LogP contribution >= 0.6 is 23.2 Å². The third-order valence-corrected chi connectivity index (χ3v) is 5.27. The van der Waals surface area contributed by atoms with Crippen molar-refractivity contribution in [2.24, 2.45) is 0 Å². The molecule has 10 heteroatoms. The van der Waals surface area contributed by atoms with Gasteiger partial charge in [0.2, 0.25) is 0 Å². The third-order valence-electron chi connectivity index (χ3n) is 3.44. The highest BCUT2D eigenvalue weighted by atomic mass is 35.5. The number of benzene rings is 2. The van der Waals surface area contributed by atoms with Gasteiger partial charge in [0.05, 0.1) is 13.7 Å². The Balaban J connectivity index is 1.80. The van der Waals surface area contributed by atoms with E-state index in [9.17, 15) is 8.42 Å². The number of rotatable bonds is 6. The summed E-state index contributed by atoms with van der Waals surface area (Å²) >= 11 is 11.8. The van der Waals surface area contributed by atoms with Gasteiger partial charge in [-0.25, -0.2) is 17.8 Å². The maximum absolute atomic E-state index is 12.6. The Morgan fingerprint density at radius 2 is 1.81 bits per heavy atom. The fraction of sp³-hybridized carbons (Fsp3) is 0.125. The zero-order valence-corrected chi connectivity index (χ0v) is 15.9. The van der Waals surface area contributed by atoms with E-state index in [2.05, 4.69) is 14.8 Å². The van der Waals surface area contributed by atoms with Crippen molar-refractivity contribution < 1.29 is 13.2 Å². The Labute approximate surface area is 160 Å². The van der Waals surface area contributed by atoms with Crippen molar-refractivity contribution in [1.29, 1.82) is 0 Å². The molecule has 26 heavy (non-hydrogen) atoms. The van der Waals surface area contributed by atoms with E-state index < -0.39 is 10.0 Å². The highest BCUT2D eigenvalue weighted by Crippen LogP contribution is 2.28. The molecule has 3 rings (SSSR count). The number of anilines is 1. The van der Waals surface area contributed by atoms with E-state index in [0.29, 0.717) is 11.6 Å². The van der Waals surface area contributed by atoms with Crippen molar-refractivity contribution in [3.05, 3.63) is 64.4 Å². The zero-order valence-electron chi connectivity index (χ0n) is 13.6. The minimum atomic E-state index is -3.96. The molecule has 1 N–H and O–H groups in total. The molecule has 1 heterocycles. The van der Waals surface area contributed by atoms with Gasteiger partial charge in [-0.15, -0.1) is 5.10 Å². The van der Waals surface area contributed by atoms with Gasteiger partial charge >= 0.3 is 0 Å². The quantitative estimate of drug-likeness (QED) is 0.669. The van der Waals surface area contributed by atoms with Crippen LogP contribution < -0.4 is 9.46 Å². The van der Waals surface area contributed by atoms with E-state index in [1.807, 2.05) is 12.1 Å². The van der Waals surface area contributed by atoms with E-state index in [1.165, 1.54) is 30.3 Å². The summed E-state index contributed by atoms with van der Waals surface area (Å²) in [5, 5.41) is 5.03. The molecule has 0 saturated heterocycles. The van der Waals surface area contributed by atoms with Gasteiger partial charge in [0.1, 0.15) is 17.0 Å². The molecule has 0 spiro atoms. The van der Waals surface area contributed by atoms with E-state index in [0.717, 1.165) is 5.56 Å². The standard InChI is InChI=1S/C16H14Cl2N4O3S/c1-25-14-7-6-13(18)8-15(14)26(23,24)21-16-19-10-22(20-16)9-11-2-4-12(17)5-3-11/h2-8,10H,9H2,1H3,(H,20,21). The SMILES string of the molecule is COc1ccc(Cl)cc1S(=O)(=O)Nc1ncn(Cc2ccc(Cl)cc2)n1. The van der Waals surface area contributed by atoms with E-state index in [1.54, 1.807) is 18.2 Å². The second-order valence-corrected chi connectivity index (χ2v) is 7.82. The molecule has 1 aromatic heterocycles. The summed E-state index contributed by atoms with van der Waals surface area (Å²) in [5.41, 5.74) is 0.949. The van der Waals surface area contributed by atoms with E-state index in [4.69, 9.17) is 27.9 Å². The van der Waals surface area contributed by atoms with Crippen molar-refractivity contribution in [1.82, 2.24) is 14.8 Å². The first-order valence-corrected chi connectivity index (χ1v) is 9.61. The van der Waals surface area contributed by atoms with Crippen LogP contribution in [0.25, 0.3) is 0 Å². The Morgan fingerprint density at radius 1 is 1.12 bits per heavy atom. The largest absolute Gasteiger partial charge is 0.495 e. The fourth-order valence-electron chi connectivity index (χ4n) is 2.23. The number of nitrogens with zero attached hydrogens (tertiary/aromatic N) is 3. The molecule has 7 nitrogen and oxygen atoms in total. The minimum Gasteiger partial charge on any atom is -0.495 e. The second-order valence-electron chi connectivity index (χ2n) is 5.29. The van der Waals surface area contributed by atoms with Crippen LogP contribution in [0.2, 0.25) is 10.0 Å². The summed E-state index contributed by atoms with van der Waals surface area (Å²) in [5.74, 6) is 0.114. The molecule has 0 aliphatic heterocycles. The lowest BCUT2D eigenvalue weighted by atomic mass is 10.2. The molecule has 0 amide bonds. The van der Waals surface area contributed by atoms with Crippen molar-refractivity contribution in [2.45, 2.75) is 11.4 Å². The fourth-order valence-corrected chi connectivity index (χ4v) is 3.74. The van der Waals surface area contributed by atoms with Crippen LogP contribution in [-0.2, 0) is 16.6 Å². The molecule has 0 aliphatic carbocycles. The third kappa shape index (κ3) is 4.27. The van der Waals surface area contributed by atoms with E-state index >= 15 is 0 Å². The van der Waals surface area contributed by atoms with Gasteiger partial charge in [-0.1, -0.05) is 35.3 Å². The van der Waals surface area contributed by atoms with Gasteiger partial charge < -0.3 is 4.74 Å². The molecular weight excluding hydrogens is 399 g/mol. The van der Waals surface area contributed by atoms with Crippen LogP contribution in [0, 0.1) is 0 Å². The first-order chi connectivity index (χ1) is 12.4. The topological polar surface area (TPSA) is 86.1 Å². The highest BCUT2D eigenvalue weighted by Gasteiger charge is 2.21. The maximum atomic E-state index is 12.6. The summed E-state index contributed by atoms with van der Waals surface area (Å²) in [4.78, 5) is 3.88. The maximum Gasteiger partial charge on any atom is 0.268 e. The lowest BCUT2D eigenvalue weighted by Gasteiger charge is -2.09. The lowest BCUT2D eigenvalue weighted by Crippen LogP contribution is -2.15. The van der Waals surface area contributed by atoms with Gasteiger partial charge in [-0.2, -0.15) is 4.98 Å². The molecule has 0 atom stereocenters. The van der Waals surface area contributed by atoms with E-state index in [-0.39, 0.29) is 21.6 Å². The predicted molar refractivity (Wildman–Crippen MR) is 99.4 cm³/mol. The smallest absolute Gasteiger partial charge is 0.268 e. The summed E-state index contributed by atoms with van der Waals surface area (Å²) in [6, 6.07) is 11.6. The molecule has 0 unspecified atom stereocenters. The molecule has 0 radical (unpaired) electrons. The van der Waals surface area contributed by atoms with Crippen LogP contribution in [0.1, 0.15) is 5.56 Å². The number of nitrogens with one attached hydrogen (secondary N) is 1. The summed E-state index contributed by atoms with van der Waals surface area (Å²) in [6.07, 6.45) is 1.43. The Bertz CT molecular complexity index is 1020. The van der Waals surface area contributed by atoms with Crippen molar-refractivity contribution in [3.8, 4) is 5.75 Å². The Kier molecular flexibility index (Phi) is 5.36. The number of hydrogen-bond acceptors (Lipinski definition) is 5. The molecule has 3 aromatic rings. The number of hydrogen-bond donors (Lipinski definition) is 1. The van der Waals surface area contributed by atoms with Crippen LogP contribution in [0.3, 0.4) is 0 Å². The molecule has 0 aliphatic rings. The number of ether oxygens (including phenoxy) is 1. The van der Waals surface area contributed by atoms with Crippen LogP contribution in [-0.4, -0.2) is 30.3 Å². The van der Waals surface area contributed by atoms with Gasteiger partial charge in [-0.3, -0.25) is 0 Å². The van der Waals surface area contributed by atoms with Gasteiger partial charge in [0.25, 0.3) is 16.0 Å². The van der Waals surface area contributed by atoms with Crippen LogP contribution in [0.5, 0.6) is 5.75 Å². The number of halogens is 2. The molecule has 0 saturated carbocycles. The zero-order chi connectivity index (χ0) is 18.7. The highest BCUT2D eigenvalue weighted by molar-refractivity contribution is 7.92. The van der Waals surface area contributed by atoms with Crippen molar-refractivity contribution in [2.75, 3.05) is 11.8 Å². The molecule has 0 fully saturated rings. The first-order valence-electron chi connectivity index (χ1n) is 7.37. The van der Waals surface area contributed by atoms with Crippen molar-refractivity contribution >= 4 is 39.2 Å². The second kappa shape index (κ2) is 7.53. The number of aromatic nitrogens is 3. The molecule has 0 bridgehead atoms. The van der Waals surface area contributed by atoms with Crippen molar-refractivity contribution in [3.63, 3.8) is 0 Å². The predicted octanol–water partition coefficient (Wildman–Crippen LogP) is 3.44. The van der Waals surface area contributed by atoms with Gasteiger partial charge in [0, 0.05) is 10.0 Å². The minimum absolute atomic E-state index is 0.0546. The summed E-state index contributed by atoms with van der Waals surface area (Å²) in [7, 11) is -2.58. The average Bonchev–Trinajstić information content (AvgIpc) is 3.03. The Hall–Kier alpha value is -2.29. The normalized spacial score (nSPS) is 11.3. The van der Waals surface area contributed by atoms with Crippen LogP contribution in [0.15, 0.2) is 53.7 Å². The van der Waals surface area contributed by atoms with Gasteiger partial charge in [-0.05, 0) is 35.9 Å².